The van der Waals surface area contributed by atoms with Crippen molar-refractivity contribution in [2.45, 2.75) is 32.5 Å². The lowest BCUT2D eigenvalue weighted by Crippen LogP contribution is -2.44. The molecule has 1 aliphatic heterocycles. The van der Waals surface area contributed by atoms with Crippen molar-refractivity contribution in [2.75, 3.05) is 44.7 Å². The second-order valence-electron chi connectivity index (χ2n) is 10.4. The van der Waals surface area contributed by atoms with Crippen LogP contribution in [-0.4, -0.2) is 56.7 Å². The molecule has 6 heteroatoms. The highest BCUT2D eigenvalue weighted by Gasteiger charge is 2.26. The first-order valence-electron chi connectivity index (χ1n) is 13.4. The Morgan fingerprint density at radius 2 is 1.47 bits per heavy atom. The van der Waals surface area contributed by atoms with E-state index in [4.69, 9.17) is 10.00 Å². The van der Waals surface area contributed by atoms with E-state index in [0.717, 1.165) is 42.9 Å². The van der Waals surface area contributed by atoms with Gasteiger partial charge in [0.15, 0.2) is 0 Å². The Labute approximate surface area is 226 Å². The van der Waals surface area contributed by atoms with Crippen molar-refractivity contribution in [3.8, 4) is 17.2 Å². The Balaban J connectivity index is 1.54. The quantitative estimate of drug-likeness (QED) is 0.377. The molecule has 198 valence electrons. The van der Waals surface area contributed by atoms with Crippen LogP contribution in [0.5, 0.6) is 0 Å². The molecule has 0 spiro atoms. The maximum absolute atomic E-state index is 12.8. The molecule has 1 amide bonds. The first-order valence-corrected chi connectivity index (χ1v) is 13.4. The van der Waals surface area contributed by atoms with Gasteiger partial charge in [-0.15, -0.1) is 0 Å². The normalized spacial score (nSPS) is 15.6. The lowest BCUT2D eigenvalue weighted by Gasteiger charge is -2.34. The molecule has 38 heavy (non-hydrogen) atoms. The predicted octanol–water partition coefficient (Wildman–Crippen LogP) is 5.27. The van der Waals surface area contributed by atoms with Gasteiger partial charge >= 0.3 is 0 Å². The molecule has 2 atom stereocenters. The summed E-state index contributed by atoms with van der Waals surface area (Å²) in [6.45, 7) is 8.38. The number of carbonyl (C=O) groups excluding carboxylic acids is 1. The van der Waals surface area contributed by atoms with Crippen molar-refractivity contribution in [1.82, 2.24) is 10.2 Å². The molecule has 1 N–H and O–H groups in total. The van der Waals surface area contributed by atoms with Gasteiger partial charge in [0.25, 0.3) is 0 Å². The summed E-state index contributed by atoms with van der Waals surface area (Å²) in [6, 6.07) is 29.2. The van der Waals surface area contributed by atoms with Crippen molar-refractivity contribution < 1.29 is 9.53 Å². The van der Waals surface area contributed by atoms with Crippen LogP contribution in [0, 0.1) is 17.2 Å². The first kappa shape index (κ1) is 27.4. The Kier molecular flexibility index (Phi) is 9.53. The van der Waals surface area contributed by atoms with Crippen molar-refractivity contribution in [3.05, 3.63) is 90.0 Å². The van der Waals surface area contributed by atoms with E-state index >= 15 is 0 Å². The molecule has 1 unspecified atom stereocenters. The summed E-state index contributed by atoms with van der Waals surface area (Å²) in [7, 11) is 2.17. The van der Waals surface area contributed by atoms with E-state index < -0.39 is 12.2 Å². The van der Waals surface area contributed by atoms with Gasteiger partial charge in [0.2, 0.25) is 5.91 Å². The molecule has 1 saturated heterocycles. The maximum Gasteiger partial charge on any atom is 0.250 e. The molecule has 3 aromatic rings. The van der Waals surface area contributed by atoms with Crippen LogP contribution in [0.1, 0.15) is 37.5 Å². The van der Waals surface area contributed by atoms with Gasteiger partial charge in [-0.25, -0.2) is 0 Å². The van der Waals surface area contributed by atoms with Crippen LogP contribution in [0.15, 0.2) is 78.9 Å². The molecule has 6 nitrogen and oxygen atoms in total. The van der Waals surface area contributed by atoms with E-state index in [9.17, 15) is 4.79 Å². The van der Waals surface area contributed by atoms with Crippen LogP contribution < -0.4 is 10.2 Å². The van der Waals surface area contributed by atoms with Crippen LogP contribution in [0.25, 0.3) is 11.1 Å². The van der Waals surface area contributed by atoms with E-state index in [-0.39, 0.29) is 18.4 Å². The van der Waals surface area contributed by atoms with Gasteiger partial charge in [0.1, 0.15) is 18.8 Å². The topological polar surface area (TPSA) is 68.6 Å². The number of nitrogens with zero attached hydrogens (tertiary/aromatic N) is 3. The zero-order valence-electron chi connectivity index (χ0n) is 22.6. The smallest absolute Gasteiger partial charge is 0.250 e. The largest absolute Gasteiger partial charge is 0.369 e. The number of carbonyl (C=O) groups is 1. The van der Waals surface area contributed by atoms with Gasteiger partial charge in [0.05, 0.1) is 6.07 Å². The SMILES string of the molecule is CC(C)C[C@H](OC(c1ccccc1)c1ccc(-c2ccc(N3CCN(C)CC3)cc2)cc1)C(=O)NCC#N. The number of hydrogen-bond donors (Lipinski definition) is 1. The van der Waals surface area contributed by atoms with Gasteiger partial charge in [-0.05, 0) is 53.8 Å². The molecule has 0 saturated carbocycles. The summed E-state index contributed by atoms with van der Waals surface area (Å²) in [5.74, 6) is 0.0127. The summed E-state index contributed by atoms with van der Waals surface area (Å²) in [4.78, 5) is 17.6. The van der Waals surface area contributed by atoms with Crippen LogP contribution in [0.3, 0.4) is 0 Å². The Morgan fingerprint density at radius 1 is 0.895 bits per heavy atom. The molecule has 0 aliphatic carbocycles. The van der Waals surface area contributed by atoms with Gasteiger partial charge in [-0.2, -0.15) is 5.26 Å². The molecular weight excluding hydrogens is 472 g/mol. The fraction of sp³-hybridized carbons (Fsp3) is 0.375. The number of likely N-dealkylation sites (N-methyl/N-ethyl adjacent to an activating group) is 1. The Bertz CT molecular complexity index is 1190. The third kappa shape index (κ3) is 7.22. The summed E-state index contributed by atoms with van der Waals surface area (Å²) in [6.07, 6.45) is -0.491. The summed E-state index contributed by atoms with van der Waals surface area (Å²) in [5.41, 5.74) is 5.53. The Morgan fingerprint density at radius 3 is 2.05 bits per heavy atom. The van der Waals surface area contributed by atoms with Crippen molar-refractivity contribution in [1.29, 1.82) is 5.26 Å². The highest BCUT2D eigenvalue weighted by atomic mass is 16.5. The molecular formula is C32H38N4O2. The molecule has 1 fully saturated rings. The number of anilines is 1. The van der Waals surface area contributed by atoms with Crippen LogP contribution in [-0.2, 0) is 9.53 Å². The van der Waals surface area contributed by atoms with E-state index in [2.05, 4.69) is 84.5 Å². The lowest BCUT2D eigenvalue weighted by atomic mass is 9.97. The second-order valence-corrected chi connectivity index (χ2v) is 10.4. The first-order chi connectivity index (χ1) is 18.4. The molecule has 3 aromatic carbocycles. The minimum atomic E-state index is -0.657. The number of rotatable bonds is 10. The van der Waals surface area contributed by atoms with E-state index in [1.165, 1.54) is 11.3 Å². The third-order valence-electron chi connectivity index (χ3n) is 7.00. The molecule has 0 bridgehead atoms. The minimum Gasteiger partial charge on any atom is -0.369 e. The fourth-order valence-corrected chi connectivity index (χ4v) is 4.81. The maximum atomic E-state index is 12.8. The van der Waals surface area contributed by atoms with Crippen LogP contribution in [0.4, 0.5) is 5.69 Å². The summed E-state index contributed by atoms with van der Waals surface area (Å²) >= 11 is 0. The standard InChI is InChI=1S/C32H38N4O2/c1-24(2)23-30(32(37)34-18-17-33)38-31(27-7-5-4-6-8-27)28-11-9-25(10-12-28)26-13-15-29(16-14-26)36-21-19-35(3)20-22-36/h4-16,24,30-31H,18-23H2,1-3H3,(H,34,37)/t30-,31?/m0/s1. The minimum absolute atomic E-state index is 0.0327. The predicted molar refractivity (Wildman–Crippen MR) is 153 cm³/mol. The average molecular weight is 511 g/mol. The number of amides is 1. The zero-order chi connectivity index (χ0) is 26.9. The van der Waals surface area contributed by atoms with Crippen LogP contribution >= 0.6 is 0 Å². The van der Waals surface area contributed by atoms with Gasteiger partial charge in [-0.3, -0.25) is 4.79 Å². The molecule has 0 aromatic heterocycles. The third-order valence-corrected chi connectivity index (χ3v) is 7.00. The highest BCUT2D eigenvalue weighted by Crippen LogP contribution is 2.31. The molecule has 1 heterocycles. The van der Waals surface area contributed by atoms with Gasteiger partial charge < -0.3 is 19.9 Å². The number of nitriles is 1. The molecule has 1 aliphatic rings. The second kappa shape index (κ2) is 13.2. The van der Waals surface area contributed by atoms with Gasteiger partial charge in [-0.1, -0.05) is 80.6 Å². The Hall–Kier alpha value is -3.66. The number of nitrogens with one attached hydrogen (secondary N) is 1. The van der Waals surface area contributed by atoms with Crippen molar-refractivity contribution in [3.63, 3.8) is 0 Å². The molecule has 0 radical (unpaired) electrons. The average Bonchev–Trinajstić information content (AvgIpc) is 2.95. The lowest BCUT2D eigenvalue weighted by molar-refractivity contribution is -0.136. The molecule has 4 rings (SSSR count). The summed E-state index contributed by atoms with van der Waals surface area (Å²) in [5, 5.41) is 11.6. The number of benzene rings is 3. The fourth-order valence-electron chi connectivity index (χ4n) is 4.81. The van der Waals surface area contributed by atoms with E-state index in [1.807, 2.05) is 36.4 Å². The number of ether oxygens (including phenoxy) is 1. The van der Waals surface area contributed by atoms with E-state index in [0.29, 0.717) is 6.42 Å². The van der Waals surface area contributed by atoms with Crippen molar-refractivity contribution >= 4 is 11.6 Å². The van der Waals surface area contributed by atoms with Crippen molar-refractivity contribution in [2.24, 2.45) is 5.92 Å². The van der Waals surface area contributed by atoms with E-state index in [1.54, 1.807) is 0 Å². The summed E-state index contributed by atoms with van der Waals surface area (Å²) < 4.78 is 6.50. The number of piperazine rings is 1. The van der Waals surface area contributed by atoms with Crippen LogP contribution in [0.2, 0.25) is 0 Å². The number of hydrogen-bond acceptors (Lipinski definition) is 5. The highest BCUT2D eigenvalue weighted by molar-refractivity contribution is 5.81. The zero-order valence-corrected chi connectivity index (χ0v) is 22.6. The van der Waals surface area contributed by atoms with Gasteiger partial charge in [0, 0.05) is 31.9 Å². The monoisotopic (exact) mass is 510 g/mol.